The summed E-state index contributed by atoms with van der Waals surface area (Å²) in [4.78, 5) is 14.8. The molecule has 0 fully saturated rings. The van der Waals surface area contributed by atoms with Crippen molar-refractivity contribution in [1.82, 2.24) is 4.98 Å². The van der Waals surface area contributed by atoms with E-state index in [1.54, 1.807) is 6.92 Å². The third-order valence-electron chi connectivity index (χ3n) is 2.27. The molecule has 100 valence electrons. The van der Waals surface area contributed by atoms with E-state index in [4.69, 9.17) is 5.11 Å². The minimum Gasteiger partial charge on any atom is -0.478 e. The van der Waals surface area contributed by atoms with Crippen LogP contribution in [0.3, 0.4) is 0 Å². The third-order valence-corrected chi connectivity index (χ3v) is 5.07. The van der Waals surface area contributed by atoms with Crippen molar-refractivity contribution in [3.05, 3.63) is 23.9 Å². The van der Waals surface area contributed by atoms with Crippen molar-refractivity contribution in [2.24, 2.45) is 0 Å². The standard InChI is InChI=1S/C11H15NO4S2/c1-2-18(15,16)7-3-6-17-10-8-9(11(13)14)4-5-12-10/h4-5,8H,2-3,6-7H2,1H3,(H,13,14). The van der Waals surface area contributed by atoms with Crippen LogP contribution >= 0.6 is 11.8 Å². The second-order valence-electron chi connectivity index (χ2n) is 3.63. The second-order valence-corrected chi connectivity index (χ2v) is 7.21. The zero-order chi connectivity index (χ0) is 13.6. The molecule has 1 N–H and O–H groups in total. The van der Waals surface area contributed by atoms with Crippen molar-refractivity contribution in [2.45, 2.75) is 18.4 Å². The fourth-order valence-electron chi connectivity index (χ4n) is 1.22. The highest BCUT2D eigenvalue weighted by molar-refractivity contribution is 7.99. The number of pyridine rings is 1. The van der Waals surface area contributed by atoms with E-state index in [0.29, 0.717) is 17.2 Å². The van der Waals surface area contributed by atoms with Crippen LogP contribution in [0, 0.1) is 0 Å². The third kappa shape index (κ3) is 5.05. The number of aromatic carboxylic acids is 1. The Hall–Kier alpha value is -1.08. The summed E-state index contributed by atoms with van der Waals surface area (Å²) in [7, 11) is -2.92. The van der Waals surface area contributed by atoms with Crippen molar-refractivity contribution in [3.8, 4) is 0 Å². The normalized spacial score (nSPS) is 11.4. The summed E-state index contributed by atoms with van der Waals surface area (Å²) in [6, 6.07) is 2.91. The summed E-state index contributed by atoms with van der Waals surface area (Å²) in [6.07, 6.45) is 1.98. The molecule has 1 rings (SSSR count). The molecule has 0 atom stereocenters. The molecule has 1 aromatic heterocycles. The molecule has 0 radical (unpaired) electrons. The van der Waals surface area contributed by atoms with E-state index >= 15 is 0 Å². The van der Waals surface area contributed by atoms with Gasteiger partial charge in [-0.3, -0.25) is 0 Å². The first-order valence-electron chi connectivity index (χ1n) is 5.47. The molecule has 0 aliphatic carbocycles. The lowest BCUT2D eigenvalue weighted by Crippen LogP contribution is -2.09. The minimum atomic E-state index is -2.92. The first kappa shape index (κ1) is 15.0. The summed E-state index contributed by atoms with van der Waals surface area (Å²) < 4.78 is 22.5. The van der Waals surface area contributed by atoms with Crippen LogP contribution in [0.15, 0.2) is 23.4 Å². The smallest absolute Gasteiger partial charge is 0.335 e. The minimum absolute atomic E-state index is 0.157. The van der Waals surface area contributed by atoms with Gasteiger partial charge in [0.25, 0.3) is 0 Å². The van der Waals surface area contributed by atoms with Gasteiger partial charge in [-0.05, 0) is 18.6 Å². The Morgan fingerprint density at radius 2 is 2.22 bits per heavy atom. The number of rotatable bonds is 7. The lowest BCUT2D eigenvalue weighted by Gasteiger charge is -2.02. The van der Waals surface area contributed by atoms with Crippen molar-refractivity contribution in [1.29, 1.82) is 0 Å². The van der Waals surface area contributed by atoms with Crippen molar-refractivity contribution in [3.63, 3.8) is 0 Å². The predicted octanol–water partition coefficient (Wildman–Crippen LogP) is 1.70. The van der Waals surface area contributed by atoms with Gasteiger partial charge in [0.1, 0.15) is 9.84 Å². The molecule has 0 aliphatic rings. The van der Waals surface area contributed by atoms with Gasteiger partial charge in [0, 0.05) is 17.7 Å². The van der Waals surface area contributed by atoms with Crippen LogP contribution in [0.4, 0.5) is 0 Å². The second kappa shape index (κ2) is 6.75. The molecular weight excluding hydrogens is 274 g/mol. The van der Waals surface area contributed by atoms with E-state index in [0.717, 1.165) is 0 Å². The van der Waals surface area contributed by atoms with Gasteiger partial charge in [-0.2, -0.15) is 0 Å². The van der Waals surface area contributed by atoms with Crippen molar-refractivity contribution in [2.75, 3.05) is 17.3 Å². The van der Waals surface area contributed by atoms with E-state index in [1.807, 2.05) is 0 Å². The van der Waals surface area contributed by atoms with Crippen LogP contribution in [0.2, 0.25) is 0 Å². The quantitative estimate of drug-likeness (QED) is 0.607. The average molecular weight is 289 g/mol. The van der Waals surface area contributed by atoms with E-state index in [2.05, 4.69) is 4.98 Å². The molecule has 5 nitrogen and oxygen atoms in total. The molecule has 0 amide bonds. The number of carboxylic acids is 1. The Balaban J connectivity index is 2.45. The number of aromatic nitrogens is 1. The number of hydrogen-bond acceptors (Lipinski definition) is 5. The molecular formula is C11H15NO4S2. The molecule has 1 heterocycles. The molecule has 0 spiro atoms. The molecule has 7 heteroatoms. The van der Waals surface area contributed by atoms with Crippen LogP contribution in [0.25, 0.3) is 0 Å². The van der Waals surface area contributed by atoms with Gasteiger partial charge >= 0.3 is 5.97 Å². The highest BCUT2D eigenvalue weighted by Gasteiger charge is 2.08. The molecule has 0 aromatic carbocycles. The maximum Gasteiger partial charge on any atom is 0.335 e. The number of carbonyl (C=O) groups is 1. The van der Waals surface area contributed by atoms with Crippen LogP contribution in [0.5, 0.6) is 0 Å². The van der Waals surface area contributed by atoms with Gasteiger partial charge in [-0.1, -0.05) is 6.92 Å². The Morgan fingerprint density at radius 1 is 1.50 bits per heavy atom. The average Bonchev–Trinajstić information content (AvgIpc) is 2.35. The highest BCUT2D eigenvalue weighted by Crippen LogP contribution is 2.17. The monoisotopic (exact) mass is 289 g/mol. The van der Waals surface area contributed by atoms with E-state index in [9.17, 15) is 13.2 Å². The van der Waals surface area contributed by atoms with Crippen molar-refractivity contribution < 1.29 is 18.3 Å². The summed E-state index contributed by atoms with van der Waals surface area (Å²) in [6.45, 7) is 1.63. The molecule has 0 saturated heterocycles. The maximum atomic E-state index is 11.3. The molecule has 0 aliphatic heterocycles. The van der Waals surface area contributed by atoms with E-state index in [-0.39, 0.29) is 17.1 Å². The Labute approximate surface area is 111 Å². The lowest BCUT2D eigenvalue weighted by atomic mass is 10.3. The molecule has 18 heavy (non-hydrogen) atoms. The lowest BCUT2D eigenvalue weighted by molar-refractivity contribution is 0.0696. The van der Waals surface area contributed by atoms with Crippen molar-refractivity contribution >= 4 is 27.6 Å². The highest BCUT2D eigenvalue weighted by atomic mass is 32.2. The topological polar surface area (TPSA) is 84.3 Å². The predicted molar refractivity (Wildman–Crippen MR) is 70.9 cm³/mol. The van der Waals surface area contributed by atoms with Crippen LogP contribution in [0.1, 0.15) is 23.7 Å². The fraction of sp³-hybridized carbons (Fsp3) is 0.455. The first-order chi connectivity index (χ1) is 8.44. The number of carboxylic acid groups (broad SMARTS) is 1. The maximum absolute atomic E-state index is 11.3. The van der Waals surface area contributed by atoms with Gasteiger partial charge in [0.15, 0.2) is 0 Å². The van der Waals surface area contributed by atoms with Gasteiger partial charge in [-0.15, -0.1) is 11.8 Å². The summed E-state index contributed by atoms with van der Waals surface area (Å²) in [5.74, 6) is -0.0673. The zero-order valence-electron chi connectivity index (χ0n) is 10.00. The number of thioether (sulfide) groups is 1. The van der Waals surface area contributed by atoms with Gasteiger partial charge in [0.2, 0.25) is 0 Å². The van der Waals surface area contributed by atoms with E-state index < -0.39 is 15.8 Å². The molecule has 0 unspecified atom stereocenters. The van der Waals surface area contributed by atoms with Gasteiger partial charge in [-0.25, -0.2) is 18.2 Å². The number of nitrogens with zero attached hydrogens (tertiary/aromatic N) is 1. The molecule has 0 saturated carbocycles. The van der Waals surface area contributed by atoms with Gasteiger partial charge in [0.05, 0.1) is 16.3 Å². The Morgan fingerprint density at radius 3 is 2.83 bits per heavy atom. The number of hydrogen-bond donors (Lipinski definition) is 1. The summed E-state index contributed by atoms with van der Waals surface area (Å²) in [5.41, 5.74) is 0.189. The molecule has 0 bridgehead atoms. The van der Waals surface area contributed by atoms with Crippen LogP contribution in [-0.2, 0) is 9.84 Å². The largest absolute Gasteiger partial charge is 0.478 e. The van der Waals surface area contributed by atoms with Crippen LogP contribution < -0.4 is 0 Å². The summed E-state index contributed by atoms with van der Waals surface area (Å²) in [5, 5.41) is 9.40. The van der Waals surface area contributed by atoms with E-state index in [1.165, 1.54) is 30.1 Å². The zero-order valence-corrected chi connectivity index (χ0v) is 11.6. The van der Waals surface area contributed by atoms with Crippen LogP contribution in [-0.4, -0.2) is 41.7 Å². The Kier molecular flexibility index (Phi) is 5.61. The summed E-state index contributed by atoms with van der Waals surface area (Å²) >= 11 is 1.36. The number of sulfone groups is 1. The molecule has 1 aromatic rings. The SMILES string of the molecule is CCS(=O)(=O)CCCSc1cc(C(=O)O)ccn1. The first-order valence-corrected chi connectivity index (χ1v) is 8.28. The van der Waals surface area contributed by atoms with Gasteiger partial charge < -0.3 is 5.11 Å². The fourth-order valence-corrected chi connectivity index (χ4v) is 3.12. The Bertz CT molecular complexity index is 514.